The van der Waals surface area contributed by atoms with Crippen LogP contribution in [0.4, 0.5) is 0 Å². The molecule has 3 rings (SSSR count). The predicted molar refractivity (Wildman–Crippen MR) is 97.0 cm³/mol. The third kappa shape index (κ3) is 3.71. The van der Waals surface area contributed by atoms with Crippen LogP contribution in [0.25, 0.3) is 0 Å². The van der Waals surface area contributed by atoms with Crippen LogP contribution in [0.5, 0.6) is 5.88 Å². The molecule has 0 saturated carbocycles. The second-order valence-corrected chi connectivity index (χ2v) is 6.51. The Kier molecular flexibility index (Phi) is 5.14. The zero-order chi connectivity index (χ0) is 17.8. The van der Waals surface area contributed by atoms with E-state index in [2.05, 4.69) is 26.8 Å². The standard InChI is InChI=1S/C18H20N4O2S/c1-12-15(10-20-22(12)2)17(23)21-16(9-13-6-8-25-11-13)14-5-4-7-19-18(14)24-3/h4-8,10-11,16H,9H2,1-3H3,(H,21,23). The Bertz CT molecular complexity index is 858. The topological polar surface area (TPSA) is 69.0 Å². The average Bonchev–Trinajstić information content (AvgIpc) is 3.25. The molecule has 130 valence electrons. The van der Waals surface area contributed by atoms with Crippen molar-refractivity contribution in [3.05, 3.63) is 63.7 Å². The van der Waals surface area contributed by atoms with Gasteiger partial charge in [-0.15, -0.1) is 0 Å². The molecule has 0 aromatic carbocycles. The predicted octanol–water partition coefficient (Wildman–Crippen LogP) is 2.91. The first kappa shape index (κ1) is 17.2. The van der Waals surface area contributed by atoms with E-state index in [0.717, 1.165) is 16.8 Å². The van der Waals surface area contributed by atoms with Crippen molar-refractivity contribution in [2.75, 3.05) is 7.11 Å². The summed E-state index contributed by atoms with van der Waals surface area (Å²) in [5, 5.41) is 11.4. The molecule has 1 N–H and O–H groups in total. The Morgan fingerprint density at radius 1 is 1.44 bits per heavy atom. The molecular formula is C18H20N4O2S. The van der Waals surface area contributed by atoms with Crippen molar-refractivity contribution in [3.63, 3.8) is 0 Å². The van der Waals surface area contributed by atoms with Gasteiger partial charge in [0.1, 0.15) is 0 Å². The van der Waals surface area contributed by atoms with Gasteiger partial charge in [-0.05, 0) is 41.8 Å². The van der Waals surface area contributed by atoms with E-state index in [-0.39, 0.29) is 11.9 Å². The normalized spacial score (nSPS) is 12.0. The SMILES string of the molecule is COc1ncccc1C(Cc1ccsc1)NC(=O)c1cnn(C)c1C. The largest absolute Gasteiger partial charge is 0.481 e. The number of rotatable bonds is 6. The number of aryl methyl sites for hydroxylation is 1. The molecule has 0 bridgehead atoms. The molecule has 1 atom stereocenters. The van der Waals surface area contributed by atoms with Gasteiger partial charge in [-0.25, -0.2) is 4.98 Å². The number of carbonyl (C=O) groups excluding carboxylic acids is 1. The summed E-state index contributed by atoms with van der Waals surface area (Å²) >= 11 is 1.63. The summed E-state index contributed by atoms with van der Waals surface area (Å²) < 4.78 is 7.07. The third-order valence-corrected chi connectivity index (χ3v) is 4.91. The fraction of sp³-hybridized carbons (Fsp3) is 0.278. The Hall–Kier alpha value is -2.67. The minimum absolute atomic E-state index is 0.156. The van der Waals surface area contributed by atoms with E-state index in [4.69, 9.17) is 4.74 Å². The average molecular weight is 356 g/mol. The first-order chi connectivity index (χ1) is 12.1. The maximum Gasteiger partial charge on any atom is 0.255 e. The van der Waals surface area contributed by atoms with Crippen LogP contribution in [0, 0.1) is 6.92 Å². The van der Waals surface area contributed by atoms with Gasteiger partial charge in [0.05, 0.1) is 24.9 Å². The number of thiophene rings is 1. The number of aromatic nitrogens is 3. The van der Waals surface area contributed by atoms with Crippen LogP contribution in [0.3, 0.4) is 0 Å². The number of nitrogens with one attached hydrogen (secondary N) is 1. The first-order valence-corrected chi connectivity index (χ1v) is 8.84. The molecule has 3 heterocycles. The number of hydrogen-bond donors (Lipinski definition) is 1. The monoisotopic (exact) mass is 356 g/mol. The van der Waals surface area contributed by atoms with E-state index in [0.29, 0.717) is 17.9 Å². The molecule has 1 amide bonds. The van der Waals surface area contributed by atoms with Gasteiger partial charge >= 0.3 is 0 Å². The molecule has 25 heavy (non-hydrogen) atoms. The number of nitrogens with zero attached hydrogens (tertiary/aromatic N) is 3. The van der Waals surface area contributed by atoms with Crippen molar-refractivity contribution in [2.45, 2.75) is 19.4 Å². The quantitative estimate of drug-likeness (QED) is 0.737. The van der Waals surface area contributed by atoms with Crippen LogP contribution in [-0.4, -0.2) is 27.8 Å². The second kappa shape index (κ2) is 7.48. The van der Waals surface area contributed by atoms with Gasteiger partial charge in [0, 0.05) is 24.5 Å². The van der Waals surface area contributed by atoms with Crippen LogP contribution in [-0.2, 0) is 13.5 Å². The molecule has 0 aliphatic rings. The molecule has 6 nitrogen and oxygen atoms in total. The number of carbonyl (C=O) groups is 1. The van der Waals surface area contributed by atoms with Crippen molar-refractivity contribution in [2.24, 2.45) is 7.05 Å². The highest BCUT2D eigenvalue weighted by Gasteiger charge is 2.22. The first-order valence-electron chi connectivity index (χ1n) is 7.89. The highest BCUT2D eigenvalue weighted by atomic mass is 32.1. The van der Waals surface area contributed by atoms with Crippen molar-refractivity contribution in [3.8, 4) is 5.88 Å². The summed E-state index contributed by atoms with van der Waals surface area (Å²) in [5.74, 6) is 0.364. The van der Waals surface area contributed by atoms with E-state index in [1.54, 1.807) is 35.5 Å². The van der Waals surface area contributed by atoms with Crippen molar-refractivity contribution in [1.29, 1.82) is 0 Å². The lowest BCUT2D eigenvalue weighted by Gasteiger charge is -2.20. The van der Waals surface area contributed by atoms with Gasteiger partial charge in [0.2, 0.25) is 5.88 Å². The van der Waals surface area contributed by atoms with Gasteiger partial charge in [0.25, 0.3) is 5.91 Å². The smallest absolute Gasteiger partial charge is 0.255 e. The Morgan fingerprint density at radius 3 is 2.92 bits per heavy atom. The van der Waals surface area contributed by atoms with Crippen molar-refractivity contribution >= 4 is 17.2 Å². The Balaban J connectivity index is 1.91. The Labute approximate surface area is 150 Å². The van der Waals surface area contributed by atoms with Crippen LogP contribution < -0.4 is 10.1 Å². The molecular weight excluding hydrogens is 336 g/mol. The number of amides is 1. The van der Waals surface area contributed by atoms with Crippen LogP contribution in [0.15, 0.2) is 41.4 Å². The fourth-order valence-electron chi connectivity index (χ4n) is 2.68. The highest BCUT2D eigenvalue weighted by Crippen LogP contribution is 2.27. The van der Waals surface area contributed by atoms with Gasteiger partial charge in [0.15, 0.2) is 0 Å². The molecule has 0 spiro atoms. The summed E-state index contributed by atoms with van der Waals surface area (Å²) in [7, 11) is 3.40. The number of pyridine rings is 1. The minimum Gasteiger partial charge on any atom is -0.481 e. The molecule has 0 aliphatic carbocycles. The van der Waals surface area contributed by atoms with Gasteiger partial charge in [-0.2, -0.15) is 16.4 Å². The second-order valence-electron chi connectivity index (χ2n) is 5.73. The molecule has 1 unspecified atom stereocenters. The maximum absolute atomic E-state index is 12.8. The molecule has 0 saturated heterocycles. The summed E-state index contributed by atoms with van der Waals surface area (Å²) in [4.78, 5) is 17.0. The lowest BCUT2D eigenvalue weighted by molar-refractivity contribution is 0.0935. The van der Waals surface area contributed by atoms with Crippen molar-refractivity contribution in [1.82, 2.24) is 20.1 Å². The summed E-state index contributed by atoms with van der Waals surface area (Å²) in [6.07, 6.45) is 3.93. The summed E-state index contributed by atoms with van der Waals surface area (Å²) in [6.45, 7) is 1.88. The van der Waals surface area contributed by atoms with Crippen molar-refractivity contribution < 1.29 is 9.53 Å². The minimum atomic E-state index is -0.245. The molecule has 0 aliphatic heterocycles. The van der Waals surface area contributed by atoms with E-state index < -0.39 is 0 Å². The van der Waals surface area contributed by atoms with Crippen LogP contribution in [0.2, 0.25) is 0 Å². The molecule has 0 fully saturated rings. The Morgan fingerprint density at radius 2 is 2.28 bits per heavy atom. The zero-order valence-electron chi connectivity index (χ0n) is 14.4. The van der Waals surface area contributed by atoms with Gasteiger partial charge in [-0.3, -0.25) is 9.48 Å². The highest BCUT2D eigenvalue weighted by molar-refractivity contribution is 7.07. The van der Waals surface area contributed by atoms with E-state index in [1.807, 2.05) is 31.5 Å². The number of ether oxygens (including phenoxy) is 1. The molecule has 3 aromatic heterocycles. The van der Waals surface area contributed by atoms with E-state index >= 15 is 0 Å². The molecule has 0 radical (unpaired) electrons. The zero-order valence-corrected chi connectivity index (χ0v) is 15.2. The van der Waals surface area contributed by atoms with Gasteiger partial charge < -0.3 is 10.1 Å². The van der Waals surface area contributed by atoms with Crippen LogP contribution in [0.1, 0.15) is 33.2 Å². The van der Waals surface area contributed by atoms with E-state index in [9.17, 15) is 4.79 Å². The molecule has 3 aromatic rings. The van der Waals surface area contributed by atoms with Crippen LogP contribution >= 0.6 is 11.3 Å². The lowest BCUT2D eigenvalue weighted by atomic mass is 10.0. The third-order valence-electron chi connectivity index (χ3n) is 4.17. The van der Waals surface area contributed by atoms with E-state index in [1.165, 1.54) is 0 Å². The summed E-state index contributed by atoms with van der Waals surface area (Å²) in [5.41, 5.74) is 3.40. The number of hydrogen-bond acceptors (Lipinski definition) is 5. The van der Waals surface area contributed by atoms with Gasteiger partial charge in [-0.1, -0.05) is 6.07 Å². The summed E-state index contributed by atoms with van der Waals surface area (Å²) in [6, 6.07) is 5.59. The fourth-order valence-corrected chi connectivity index (χ4v) is 3.36. The molecule has 7 heteroatoms. The maximum atomic E-state index is 12.8. The number of methoxy groups -OCH3 is 1. The lowest BCUT2D eigenvalue weighted by Crippen LogP contribution is -2.30.